The van der Waals surface area contributed by atoms with E-state index in [0.29, 0.717) is 13.1 Å². The molecule has 3 rings (SSSR count). The van der Waals surface area contributed by atoms with E-state index in [1.54, 1.807) is 6.20 Å². The first-order chi connectivity index (χ1) is 11.6. The molecule has 0 saturated heterocycles. The van der Waals surface area contributed by atoms with Gasteiger partial charge in [0.15, 0.2) is 0 Å². The number of halogens is 3. The van der Waals surface area contributed by atoms with Gasteiger partial charge in [-0.15, -0.1) is 0 Å². The molecule has 0 aromatic carbocycles. The number of nitrogens with zero attached hydrogens (tertiary/aromatic N) is 5. The van der Waals surface area contributed by atoms with Crippen LogP contribution in [0.15, 0.2) is 12.3 Å². The standard InChI is InChI=1S/C16H20F3N5O/c1-15(2)6-11-10(7-20-23(11)3)8-24(9-15)12-5-13(25-4)22-14(21-12)16(17,18)19/h5,7H,6,8-9H2,1-4H3. The van der Waals surface area contributed by atoms with Crippen molar-refractivity contribution in [3.8, 4) is 5.88 Å². The van der Waals surface area contributed by atoms with E-state index in [9.17, 15) is 13.2 Å². The number of fused-ring (bicyclic) bond motifs is 1. The summed E-state index contributed by atoms with van der Waals surface area (Å²) in [4.78, 5) is 9.00. The number of hydrogen-bond acceptors (Lipinski definition) is 5. The maximum absolute atomic E-state index is 13.1. The lowest BCUT2D eigenvalue weighted by Gasteiger charge is -2.30. The minimum absolute atomic E-state index is 0.106. The summed E-state index contributed by atoms with van der Waals surface area (Å²) in [6, 6.07) is 1.44. The van der Waals surface area contributed by atoms with E-state index in [1.807, 2.05) is 16.6 Å². The summed E-state index contributed by atoms with van der Waals surface area (Å²) in [5.74, 6) is -1.11. The van der Waals surface area contributed by atoms with Gasteiger partial charge >= 0.3 is 6.18 Å². The Kier molecular flexibility index (Phi) is 4.12. The van der Waals surface area contributed by atoms with Crippen molar-refractivity contribution in [2.45, 2.75) is 33.0 Å². The second-order valence-corrected chi connectivity index (χ2v) is 7.03. The third kappa shape index (κ3) is 3.54. The zero-order chi connectivity index (χ0) is 18.4. The van der Waals surface area contributed by atoms with E-state index >= 15 is 0 Å². The summed E-state index contributed by atoms with van der Waals surface area (Å²) < 4.78 is 46.1. The van der Waals surface area contributed by atoms with Gasteiger partial charge in [0.2, 0.25) is 11.7 Å². The second kappa shape index (κ2) is 5.89. The molecule has 0 N–H and O–H groups in total. The van der Waals surface area contributed by atoms with Crippen LogP contribution in [0, 0.1) is 5.41 Å². The van der Waals surface area contributed by atoms with Crippen molar-refractivity contribution in [2.24, 2.45) is 12.5 Å². The monoisotopic (exact) mass is 355 g/mol. The highest BCUT2D eigenvalue weighted by molar-refractivity contribution is 5.45. The average molecular weight is 355 g/mol. The van der Waals surface area contributed by atoms with Gasteiger partial charge in [-0.05, 0) is 11.8 Å². The highest BCUT2D eigenvalue weighted by atomic mass is 19.4. The van der Waals surface area contributed by atoms with E-state index in [4.69, 9.17) is 4.74 Å². The van der Waals surface area contributed by atoms with Gasteiger partial charge < -0.3 is 9.64 Å². The molecular weight excluding hydrogens is 335 g/mol. The molecular formula is C16H20F3N5O. The van der Waals surface area contributed by atoms with Crippen molar-refractivity contribution >= 4 is 5.82 Å². The van der Waals surface area contributed by atoms with Gasteiger partial charge in [-0.1, -0.05) is 13.8 Å². The Bertz CT molecular complexity index is 785. The summed E-state index contributed by atoms with van der Waals surface area (Å²) in [5.41, 5.74) is 1.92. The molecule has 2 aromatic rings. The molecule has 136 valence electrons. The smallest absolute Gasteiger partial charge is 0.451 e. The molecule has 0 aliphatic carbocycles. The molecule has 1 aliphatic rings. The lowest BCUT2D eigenvalue weighted by molar-refractivity contribution is -0.145. The van der Waals surface area contributed by atoms with Gasteiger partial charge in [0.1, 0.15) is 5.82 Å². The molecule has 9 heteroatoms. The number of methoxy groups -OCH3 is 1. The van der Waals surface area contributed by atoms with Crippen molar-refractivity contribution in [3.63, 3.8) is 0 Å². The molecule has 0 fully saturated rings. The van der Waals surface area contributed by atoms with Gasteiger partial charge in [-0.25, -0.2) is 4.98 Å². The van der Waals surface area contributed by atoms with E-state index in [0.717, 1.165) is 17.7 Å². The number of alkyl halides is 3. The molecule has 0 radical (unpaired) electrons. The summed E-state index contributed by atoms with van der Waals surface area (Å²) >= 11 is 0. The van der Waals surface area contributed by atoms with Crippen molar-refractivity contribution in [1.82, 2.24) is 19.7 Å². The Morgan fingerprint density at radius 3 is 2.60 bits per heavy atom. The predicted molar refractivity (Wildman–Crippen MR) is 85.3 cm³/mol. The lowest BCUT2D eigenvalue weighted by atomic mass is 9.87. The largest absolute Gasteiger partial charge is 0.481 e. The van der Waals surface area contributed by atoms with Crippen LogP contribution in [0.3, 0.4) is 0 Å². The topological polar surface area (TPSA) is 56.1 Å². The fraction of sp³-hybridized carbons (Fsp3) is 0.562. The predicted octanol–water partition coefficient (Wildman–Crippen LogP) is 2.83. The minimum Gasteiger partial charge on any atom is -0.481 e. The van der Waals surface area contributed by atoms with E-state index in [-0.39, 0.29) is 17.1 Å². The SMILES string of the molecule is COc1cc(N2Cc3cnn(C)c3CC(C)(C)C2)nc(C(F)(F)F)n1. The van der Waals surface area contributed by atoms with E-state index in [2.05, 4.69) is 28.9 Å². The zero-order valence-electron chi connectivity index (χ0n) is 14.6. The van der Waals surface area contributed by atoms with Crippen LogP contribution in [-0.4, -0.2) is 33.4 Å². The zero-order valence-corrected chi connectivity index (χ0v) is 14.6. The van der Waals surface area contributed by atoms with Crippen LogP contribution in [0.2, 0.25) is 0 Å². The fourth-order valence-corrected chi connectivity index (χ4v) is 3.12. The first-order valence-electron chi connectivity index (χ1n) is 7.84. The van der Waals surface area contributed by atoms with Crippen LogP contribution in [0.25, 0.3) is 0 Å². The van der Waals surface area contributed by atoms with Crippen molar-refractivity contribution in [2.75, 3.05) is 18.6 Å². The first-order valence-corrected chi connectivity index (χ1v) is 7.84. The third-order valence-electron chi connectivity index (χ3n) is 4.25. The summed E-state index contributed by atoms with van der Waals surface area (Å²) in [6.45, 7) is 5.14. The third-order valence-corrected chi connectivity index (χ3v) is 4.25. The maximum Gasteiger partial charge on any atom is 0.451 e. The second-order valence-electron chi connectivity index (χ2n) is 7.03. The van der Waals surface area contributed by atoms with E-state index < -0.39 is 12.0 Å². The fourth-order valence-electron chi connectivity index (χ4n) is 3.12. The van der Waals surface area contributed by atoms with Crippen molar-refractivity contribution in [1.29, 1.82) is 0 Å². The number of aryl methyl sites for hydroxylation is 1. The molecule has 0 unspecified atom stereocenters. The normalized spacial score (nSPS) is 17.2. The Morgan fingerprint density at radius 2 is 1.96 bits per heavy atom. The molecule has 0 amide bonds. The molecule has 0 spiro atoms. The molecule has 1 aliphatic heterocycles. The van der Waals surface area contributed by atoms with Crippen molar-refractivity contribution in [3.05, 3.63) is 29.3 Å². The van der Waals surface area contributed by atoms with Crippen LogP contribution in [-0.2, 0) is 26.2 Å². The minimum atomic E-state index is -4.63. The number of anilines is 1. The van der Waals surface area contributed by atoms with Gasteiger partial charge in [0.25, 0.3) is 0 Å². The Labute approximate surface area is 143 Å². The molecule has 0 saturated carbocycles. The Balaban J connectivity index is 2.06. The number of aromatic nitrogens is 4. The highest BCUT2D eigenvalue weighted by Crippen LogP contribution is 2.34. The lowest BCUT2D eigenvalue weighted by Crippen LogP contribution is -2.34. The molecule has 0 bridgehead atoms. The molecule has 6 nitrogen and oxygen atoms in total. The van der Waals surface area contributed by atoms with Crippen LogP contribution < -0.4 is 9.64 Å². The molecule has 2 aromatic heterocycles. The first kappa shape index (κ1) is 17.5. The van der Waals surface area contributed by atoms with Gasteiger partial charge in [-0.3, -0.25) is 4.68 Å². The number of ether oxygens (including phenoxy) is 1. The van der Waals surface area contributed by atoms with Crippen LogP contribution in [0.1, 0.15) is 30.9 Å². The van der Waals surface area contributed by atoms with Crippen LogP contribution in [0.4, 0.5) is 19.0 Å². The molecule has 0 atom stereocenters. The van der Waals surface area contributed by atoms with Crippen LogP contribution in [0.5, 0.6) is 5.88 Å². The van der Waals surface area contributed by atoms with Gasteiger partial charge in [0, 0.05) is 37.5 Å². The Morgan fingerprint density at radius 1 is 1.24 bits per heavy atom. The van der Waals surface area contributed by atoms with Gasteiger partial charge in [-0.2, -0.15) is 23.3 Å². The van der Waals surface area contributed by atoms with E-state index in [1.165, 1.54) is 13.2 Å². The van der Waals surface area contributed by atoms with Gasteiger partial charge in [0.05, 0.1) is 13.3 Å². The molecule has 25 heavy (non-hydrogen) atoms. The summed E-state index contributed by atoms with van der Waals surface area (Å²) in [7, 11) is 3.16. The average Bonchev–Trinajstić information content (AvgIpc) is 2.77. The number of rotatable bonds is 2. The quantitative estimate of drug-likeness (QED) is 0.829. The Hall–Kier alpha value is -2.32. The summed E-state index contributed by atoms with van der Waals surface area (Å²) in [6.07, 6.45) is -2.10. The maximum atomic E-state index is 13.1. The van der Waals surface area contributed by atoms with Crippen molar-refractivity contribution < 1.29 is 17.9 Å². The summed E-state index contributed by atoms with van der Waals surface area (Å²) in [5, 5.41) is 4.28. The highest BCUT2D eigenvalue weighted by Gasteiger charge is 2.37. The molecule has 3 heterocycles. The van der Waals surface area contributed by atoms with Crippen LogP contribution >= 0.6 is 0 Å². The number of hydrogen-bond donors (Lipinski definition) is 0.